The number of aromatic nitrogens is 1. The number of hydrogen-bond acceptors (Lipinski definition) is 5. The van der Waals surface area contributed by atoms with Crippen LogP contribution in [0.3, 0.4) is 0 Å². The highest BCUT2D eigenvalue weighted by Crippen LogP contribution is 2.41. The number of aliphatic hydroxyl groups excluding tert-OH is 1. The number of carbonyl (C=O) groups is 2. The number of benzene rings is 3. The fourth-order valence-corrected chi connectivity index (χ4v) is 4.89. The Labute approximate surface area is 228 Å². The van der Waals surface area contributed by atoms with Crippen molar-refractivity contribution in [3.63, 3.8) is 0 Å². The molecule has 1 aliphatic rings. The van der Waals surface area contributed by atoms with Crippen molar-refractivity contribution < 1.29 is 19.4 Å². The van der Waals surface area contributed by atoms with Gasteiger partial charge in [0.25, 0.3) is 11.7 Å². The number of rotatable bonds is 8. The van der Waals surface area contributed by atoms with E-state index in [0.717, 1.165) is 34.2 Å². The number of nitrogens with zero attached hydrogens (tertiary/aromatic N) is 2. The normalized spacial score (nSPS) is 16.5. The number of aryl methyl sites for hydroxylation is 2. The molecule has 1 aliphatic heterocycles. The molecule has 196 valence electrons. The molecule has 6 heteroatoms. The largest absolute Gasteiger partial charge is 0.507 e. The van der Waals surface area contributed by atoms with E-state index in [1.54, 1.807) is 30.6 Å². The van der Waals surface area contributed by atoms with Crippen LogP contribution in [0.1, 0.15) is 46.3 Å². The Balaban J connectivity index is 1.52. The molecule has 1 aromatic heterocycles. The second kappa shape index (κ2) is 11.4. The number of aliphatic hydroxyl groups is 1. The number of hydrogen-bond donors (Lipinski definition) is 1. The average molecular weight is 519 g/mol. The van der Waals surface area contributed by atoms with Crippen molar-refractivity contribution in [1.82, 2.24) is 9.88 Å². The molecule has 0 unspecified atom stereocenters. The van der Waals surface area contributed by atoms with Crippen LogP contribution in [0.5, 0.6) is 5.75 Å². The molecule has 6 nitrogen and oxygen atoms in total. The summed E-state index contributed by atoms with van der Waals surface area (Å²) >= 11 is 0. The van der Waals surface area contributed by atoms with E-state index in [9.17, 15) is 14.7 Å². The number of pyridine rings is 1. The number of ketones is 1. The van der Waals surface area contributed by atoms with Crippen LogP contribution in [0.25, 0.3) is 5.76 Å². The summed E-state index contributed by atoms with van der Waals surface area (Å²) in [6.07, 6.45) is 4.21. The molecule has 2 heterocycles. The zero-order valence-electron chi connectivity index (χ0n) is 22.0. The molecule has 3 aromatic carbocycles. The van der Waals surface area contributed by atoms with Crippen molar-refractivity contribution in [1.29, 1.82) is 0 Å². The number of carbonyl (C=O) groups excluding carboxylic acids is 2. The van der Waals surface area contributed by atoms with Gasteiger partial charge in [-0.25, -0.2) is 0 Å². The second-order valence-electron chi connectivity index (χ2n) is 9.63. The number of ether oxygens (including phenoxy) is 1. The molecule has 1 atom stereocenters. The third-order valence-electron chi connectivity index (χ3n) is 7.02. The molecule has 0 aliphatic carbocycles. The molecule has 1 amide bonds. The summed E-state index contributed by atoms with van der Waals surface area (Å²) in [5.74, 6) is -0.898. The predicted molar refractivity (Wildman–Crippen MR) is 150 cm³/mol. The van der Waals surface area contributed by atoms with Gasteiger partial charge < -0.3 is 14.7 Å². The third-order valence-corrected chi connectivity index (χ3v) is 7.02. The number of amides is 1. The van der Waals surface area contributed by atoms with Crippen LogP contribution in [0.2, 0.25) is 0 Å². The Bertz CT molecular complexity index is 1510. The Kier molecular flexibility index (Phi) is 7.55. The van der Waals surface area contributed by atoms with Gasteiger partial charge in [0.05, 0.1) is 11.6 Å². The number of Topliss-reactive ketones (excluding diaryl/α,β-unsaturated/α-hetero) is 1. The molecular formula is C33H30N2O4. The van der Waals surface area contributed by atoms with Crippen LogP contribution >= 0.6 is 0 Å². The molecule has 4 aromatic rings. The SMILES string of the molecule is CCc1ccc([C@@H]2/C(=C(\O)c3ccc(OCc4ccccc4)cc3C)C(=O)C(=O)N2Cc2cccnc2)cc1. The maximum Gasteiger partial charge on any atom is 0.295 e. The first-order valence-electron chi connectivity index (χ1n) is 13.0. The lowest BCUT2D eigenvalue weighted by Gasteiger charge is -2.25. The lowest BCUT2D eigenvalue weighted by molar-refractivity contribution is -0.140. The fraction of sp³-hybridized carbons (Fsp3) is 0.182. The maximum atomic E-state index is 13.4. The second-order valence-corrected chi connectivity index (χ2v) is 9.63. The topological polar surface area (TPSA) is 79.7 Å². The molecule has 1 N–H and O–H groups in total. The maximum absolute atomic E-state index is 13.4. The van der Waals surface area contributed by atoms with Gasteiger partial charge in [0, 0.05) is 24.5 Å². The minimum Gasteiger partial charge on any atom is -0.507 e. The monoisotopic (exact) mass is 518 g/mol. The van der Waals surface area contributed by atoms with Crippen molar-refractivity contribution in [2.45, 2.75) is 39.5 Å². The minimum atomic E-state index is -0.732. The van der Waals surface area contributed by atoms with Gasteiger partial charge in [0.1, 0.15) is 18.1 Å². The van der Waals surface area contributed by atoms with Gasteiger partial charge in [-0.15, -0.1) is 0 Å². The van der Waals surface area contributed by atoms with Crippen molar-refractivity contribution in [2.24, 2.45) is 0 Å². The van der Waals surface area contributed by atoms with Crippen LogP contribution < -0.4 is 4.74 Å². The predicted octanol–water partition coefficient (Wildman–Crippen LogP) is 6.15. The summed E-state index contributed by atoms with van der Waals surface area (Å²) in [6, 6.07) is 25.9. The van der Waals surface area contributed by atoms with Crippen molar-refractivity contribution in [2.75, 3.05) is 0 Å². The van der Waals surface area contributed by atoms with Crippen LogP contribution in [0.4, 0.5) is 0 Å². The summed E-state index contributed by atoms with van der Waals surface area (Å²) in [5.41, 5.74) is 5.04. The molecule has 0 radical (unpaired) electrons. The van der Waals surface area contributed by atoms with Crippen molar-refractivity contribution in [3.05, 3.63) is 136 Å². The Morgan fingerprint density at radius 2 is 1.67 bits per heavy atom. The highest BCUT2D eigenvalue weighted by molar-refractivity contribution is 6.46. The van der Waals surface area contributed by atoms with Gasteiger partial charge in [-0.3, -0.25) is 14.6 Å². The Hall–Kier alpha value is -4.71. The highest BCUT2D eigenvalue weighted by Gasteiger charge is 2.46. The van der Waals surface area contributed by atoms with Crippen molar-refractivity contribution >= 4 is 17.4 Å². The van der Waals surface area contributed by atoms with Gasteiger partial charge >= 0.3 is 0 Å². The summed E-state index contributed by atoms with van der Waals surface area (Å²) in [7, 11) is 0. The first-order chi connectivity index (χ1) is 19.0. The van der Waals surface area contributed by atoms with Crippen LogP contribution in [-0.2, 0) is 29.2 Å². The van der Waals surface area contributed by atoms with Gasteiger partial charge in [-0.1, -0.05) is 67.6 Å². The molecule has 1 fully saturated rings. The lowest BCUT2D eigenvalue weighted by Crippen LogP contribution is -2.29. The fourth-order valence-electron chi connectivity index (χ4n) is 4.89. The molecule has 1 saturated heterocycles. The van der Waals surface area contributed by atoms with E-state index in [1.807, 2.05) is 73.7 Å². The minimum absolute atomic E-state index is 0.0780. The summed E-state index contributed by atoms with van der Waals surface area (Å²) in [6.45, 7) is 4.53. The third kappa shape index (κ3) is 5.46. The van der Waals surface area contributed by atoms with Crippen LogP contribution in [0.15, 0.2) is 103 Å². The van der Waals surface area contributed by atoms with Crippen LogP contribution in [-0.4, -0.2) is 26.7 Å². The van der Waals surface area contributed by atoms with Crippen LogP contribution in [0, 0.1) is 6.92 Å². The van der Waals surface area contributed by atoms with E-state index >= 15 is 0 Å². The highest BCUT2D eigenvalue weighted by atomic mass is 16.5. The zero-order valence-corrected chi connectivity index (χ0v) is 22.0. The molecule has 5 rings (SSSR count). The number of likely N-dealkylation sites (tertiary alicyclic amines) is 1. The molecule has 0 saturated carbocycles. The Morgan fingerprint density at radius 3 is 2.33 bits per heavy atom. The van der Waals surface area contributed by atoms with Gasteiger partial charge in [-0.2, -0.15) is 0 Å². The molecule has 39 heavy (non-hydrogen) atoms. The summed E-state index contributed by atoms with van der Waals surface area (Å²) < 4.78 is 5.93. The van der Waals surface area contributed by atoms with E-state index in [-0.39, 0.29) is 17.9 Å². The van der Waals surface area contributed by atoms with Gasteiger partial charge in [-0.05, 0) is 65.4 Å². The standard InChI is InChI=1S/C33H30N2O4/c1-3-23-11-13-26(14-12-23)30-29(32(37)33(38)35(30)20-25-10-7-17-34-19-25)31(36)28-16-15-27(18-22(28)2)39-21-24-8-5-4-6-9-24/h4-19,30,36H,3,20-21H2,1-2H3/b31-29+/t30-/m1/s1. The van der Waals surface area contributed by atoms with Crippen molar-refractivity contribution in [3.8, 4) is 5.75 Å². The molecule has 0 bridgehead atoms. The lowest BCUT2D eigenvalue weighted by atomic mass is 9.93. The summed E-state index contributed by atoms with van der Waals surface area (Å²) in [5, 5.41) is 11.5. The van der Waals surface area contributed by atoms with Gasteiger partial charge in [0.15, 0.2) is 0 Å². The first kappa shape index (κ1) is 25.9. The molecular weight excluding hydrogens is 488 g/mol. The zero-order chi connectivity index (χ0) is 27.4. The molecule has 0 spiro atoms. The van der Waals surface area contributed by atoms with E-state index in [1.165, 1.54) is 4.90 Å². The quantitative estimate of drug-likeness (QED) is 0.172. The summed E-state index contributed by atoms with van der Waals surface area (Å²) in [4.78, 5) is 32.4. The van der Waals surface area contributed by atoms with E-state index in [4.69, 9.17) is 4.74 Å². The van der Waals surface area contributed by atoms with E-state index < -0.39 is 17.7 Å². The van der Waals surface area contributed by atoms with E-state index in [0.29, 0.717) is 17.9 Å². The average Bonchev–Trinajstić information content (AvgIpc) is 3.22. The van der Waals surface area contributed by atoms with E-state index in [2.05, 4.69) is 11.9 Å². The first-order valence-corrected chi connectivity index (χ1v) is 13.0. The smallest absolute Gasteiger partial charge is 0.295 e. The Morgan fingerprint density at radius 1 is 0.923 bits per heavy atom. The van der Waals surface area contributed by atoms with Gasteiger partial charge in [0.2, 0.25) is 0 Å².